The van der Waals surface area contributed by atoms with Crippen LogP contribution in [0.4, 0.5) is 13.2 Å². The van der Waals surface area contributed by atoms with Crippen LogP contribution in [0.15, 0.2) is 34.9 Å². The van der Waals surface area contributed by atoms with Crippen LogP contribution in [0.3, 0.4) is 0 Å². The van der Waals surface area contributed by atoms with Crippen molar-refractivity contribution in [3.8, 4) is 0 Å². The fraction of sp³-hybridized carbons (Fsp3) is 0.308. The van der Waals surface area contributed by atoms with Gasteiger partial charge in [-0.2, -0.15) is 18.3 Å². The average molecular weight is 348 g/mol. The number of benzene rings is 1. The molecule has 1 aromatic heterocycles. The number of halogens is 4. The number of hydrogen-bond donors (Lipinski definition) is 1. The van der Waals surface area contributed by atoms with Gasteiger partial charge in [-0.15, -0.1) is 0 Å². The molecule has 2 N–H and O–H groups in total. The Morgan fingerprint density at radius 3 is 2.60 bits per heavy atom. The Kier molecular flexibility index (Phi) is 4.19. The molecular formula is C13H13BrF3N3. The molecule has 0 spiro atoms. The molecule has 108 valence electrons. The van der Waals surface area contributed by atoms with E-state index in [2.05, 4.69) is 21.0 Å². The fourth-order valence-corrected chi connectivity index (χ4v) is 2.65. The van der Waals surface area contributed by atoms with Crippen molar-refractivity contribution in [3.63, 3.8) is 0 Å². The second-order valence-electron chi connectivity index (χ2n) is 4.26. The van der Waals surface area contributed by atoms with E-state index in [1.54, 1.807) is 10.7 Å². The number of aromatic nitrogens is 2. The molecule has 3 nitrogen and oxygen atoms in total. The summed E-state index contributed by atoms with van der Waals surface area (Å²) in [6, 6.07) is 4.43. The second-order valence-corrected chi connectivity index (χ2v) is 5.11. The number of hydrogen-bond acceptors (Lipinski definition) is 2. The van der Waals surface area contributed by atoms with E-state index in [1.165, 1.54) is 18.3 Å². The van der Waals surface area contributed by atoms with Crippen LogP contribution in [0.25, 0.3) is 0 Å². The molecule has 2 rings (SSSR count). The van der Waals surface area contributed by atoms with Gasteiger partial charge in [-0.1, -0.05) is 18.2 Å². The number of alkyl halides is 3. The quantitative estimate of drug-likeness (QED) is 0.919. The standard InChI is InChI=1S/C13H13BrF3N3/c1-2-20-12(10(14)7-19-20)11(18)8-5-3-4-6-9(8)13(15,16)17/h3-7,11H,2,18H2,1H3. The van der Waals surface area contributed by atoms with E-state index in [-0.39, 0.29) is 5.56 Å². The first-order valence-corrected chi connectivity index (χ1v) is 6.78. The van der Waals surface area contributed by atoms with Crippen LogP contribution >= 0.6 is 15.9 Å². The Bertz CT molecular complexity index is 607. The molecule has 0 radical (unpaired) electrons. The van der Waals surface area contributed by atoms with Crippen molar-refractivity contribution in [2.75, 3.05) is 0 Å². The van der Waals surface area contributed by atoms with Crippen LogP contribution in [0, 0.1) is 0 Å². The van der Waals surface area contributed by atoms with Gasteiger partial charge in [-0.05, 0) is 34.5 Å². The van der Waals surface area contributed by atoms with Crippen LogP contribution < -0.4 is 5.73 Å². The lowest BCUT2D eigenvalue weighted by Crippen LogP contribution is -2.21. The van der Waals surface area contributed by atoms with Gasteiger partial charge < -0.3 is 5.73 Å². The molecule has 0 bridgehead atoms. The van der Waals surface area contributed by atoms with E-state index in [1.807, 2.05) is 6.92 Å². The van der Waals surface area contributed by atoms with Gasteiger partial charge in [0.15, 0.2) is 0 Å². The van der Waals surface area contributed by atoms with Gasteiger partial charge >= 0.3 is 6.18 Å². The predicted molar refractivity (Wildman–Crippen MR) is 73.1 cm³/mol. The third-order valence-electron chi connectivity index (χ3n) is 3.03. The second kappa shape index (κ2) is 5.57. The number of aryl methyl sites for hydroxylation is 1. The van der Waals surface area contributed by atoms with Gasteiger partial charge in [0.2, 0.25) is 0 Å². The van der Waals surface area contributed by atoms with Crippen LogP contribution in [0.2, 0.25) is 0 Å². The van der Waals surface area contributed by atoms with Crippen molar-refractivity contribution < 1.29 is 13.2 Å². The van der Waals surface area contributed by atoms with E-state index in [0.717, 1.165) is 6.07 Å². The summed E-state index contributed by atoms with van der Waals surface area (Å²) in [5.74, 6) is 0. The summed E-state index contributed by atoms with van der Waals surface area (Å²) >= 11 is 3.29. The first-order valence-electron chi connectivity index (χ1n) is 5.99. The summed E-state index contributed by atoms with van der Waals surface area (Å²) in [5.41, 5.74) is 5.89. The van der Waals surface area contributed by atoms with Gasteiger partial charge in [0.1, 0.15) is 0 Å². The molecule has 0 saturated carbocycles. The summed E-state index contributed by atoms with van der Waals surface area (Å²) in [5, 5.41) is 4.08. The van der Waals surface area contributed by atoms with Crippen LogP contribution in [0.1, 0.15) is 29.8 Å². The summed E-state index contributed by atoms with van der Waals surface area (Å²) in [7, 11) is 0. The maximum absolute atomic E-state index is 13.0. The highest BCUT2D eigenvalue weighted by atomic mass is 79.9. The molecule has 0 aliphatic heterocycles. The normalized spacial score (nSPS) is 13.5. The summed E-state index contributed by atoms with van der Waals surface area (Å²) in [6.07, 6.45) is -2.90. The molecule has 1 aromatic carbocycles. The molecule has 0 fully saturated rings. The molecule has 0 aliphatic rings. The highest BCUT2D eigenvalue weighted by Crippen LogP contribution is 2.37. The molecule has 1 atom stereocenters. The van der Waals surface area contributed by atoms with Crippen LogP contribution in [-0.2, 0) is 12.7 Å². The molecule has 1 heterocycles. The highest BCUT2D eigenvalue weighted by molar-refractivity contribution is 9.10. The minimum atomic E-state index is -4.43. The topological polar surface area (TPSA) is 43.8 Å². The smallest absolute Gasteiger partial charge is 0.319 e. The maximum atomic E-state index is 13.0. The lowest BCUT2D eigenvalue weighted by molar-refractivity contribution is -0.138. The van der Waals surface area contributed by atoms with Crippen molar-refractivity contribution in [2.24, 2.45) is 5.73 Å². The highest BCUT2D eigenvalue weighted by Gasteiger charge is 2.35. The van der Waals surface area contributed by atoms with E-state index in [9.17, 15) is 13.2 Å². The minimum absolute atomic E-state index is 0.0379. The van der Waals surface area contributed by atoms with Gasteiger partial charge in [0, 0.05) is 6.54 Å². The number of rotatable bonds is 3. The van der Waals surface area contributed by atoms with Gasteiger partial charge in [-0.3, -0.25) is 4.68 Å². The first kappa shape index (κ1) is 15.1. The van der Waals surface area contributed by atoms with Crippen molar-refractivity contribution in [3.05, 3.63) is 51.8 Å². The van der Waals surface area contributed by atoms with E-state index in [0.29, 0.717) is 16.7 Å². The first-order chi connectivity index (χ1) is 9.36. The SMILES string of the molecule is CCn1ncc(Br)c1C(N)c1ccccc1C(F)(F)F. The Morgan fingerprint density at radius 1 is 1.35 bits per heavy atom. The monoisotopic (exact) mass is 347 g/mol. The van der Waals surface area contributed by atoms with Crippen molar-refractivity contribution in [1.82, 2.24) is 9.78 Å². The zero-order valence-electron chi connectivity index (χ0n) is 10.7. The fourth-order valence-electron chi connectivity index (χ4n) is 2.11. The summed E-state index contributed by atoms with van der Waals surface area (Å²) < 4.78 is 41.3. The lowest BCUT2D eigenvalue weighted by atomic mass is 9.98. The average Bonchev–Trinajstić information content (AvgIpc) is 2.78. The zero-order valence-corrected chi connectivity index (χ0v) is 12.2. The molecule has 1 unspecified atom stereocenters. The Labute approximate surface area is 122 Å². The molecule has 0 saturated heterocycles. The molecule has 2 aromatic rings. The summed E-state index contributed by atoms with van der Waals surface area (Å²) in [6.45, 7) is 2.38. The molecule has 0 aliphatic carbocycles. The van der Waals surface area contributed by atoms with E-state index >= 15 is 0 Å². The largest absolute Gasteiger partial charge is 0.416 e. The van der Waals surface area contributed by atoms with Crippen molar-refractivity contribution >= 4 is 15.9 Å². The third kappa shape index (κ3) is 2.73. The van der Waals surface area contributed by atoms with E-state index < -0.39 is 17.8 Å². The molecule has 20 heavy (non-hydrogen) atoms. The molecular weight excluding hydrogens is 335 g/mol. The summed E-state index contributed by atoms with van der Waals surface area (Å²) in [4.78, 5) is 0. The number of nitrogens with zero attached hydrogens (tertiary/aromatic N) is 2. The van der Waals surface area contributed by atoms with E-state index in [4.69, 9.17) is 5.73 Å². The Morgan fingerprint density at radius 2 is 2.00 bits per heavy atom. The van der Waals surface area contributed by atoms with Crippen molar-refractivity contribution in [1.29, 1.82) is 0 Å². The lowest BCUT2D eigenvalue weighted by Gasteiger charge is -2.19. The predicted octanol–water partition coefficient (Wildman–Crippen LogP) is 3.73. The molecule has 7 heteroatoms. The van der Waals surface area contributed by atoms with Gasteiger partial charge in [0.25, 0.3) is 0 Å². The van der Waals surface area contributed by atoms with Crippen molar-refractivity contribution in [2.45, 2.75) is 25.7 Å². The Hall–Kier alpha value is -1.34. The number of nitrogens with two attached hydrogens (primary N) is 1. The van der Waals surface area contributed by atoms with Gasteiger partial charge in [0.05, 0.1) is 28.0 Å². The Balaban J connectivity index is 2.54. The van der Waals surface area contributed by atoms with Crippen LogP contribution in [-0.4, -0.2) is 9.78 Å². The minimum Gasteiger partial charge on any atom is -0.319 e. The zero-order chi connectivity index (χ0) is 14.9. The molecule has 0 amide bonds. The van der Waals surface area contributed by atoms with Gasteiger partial charge in [-0.25, -0.2) is 0 Å². The third-order valence-corrected chi connectivity index (χ3v) is 3.64. The maximum Gasteiger partial charge on any atom is 0.416 e. The van der Waals surface area contributed by atoms with Crippen LogP contribution in [0.5, 0.6) is 0 Å².